The summed E-state index contributed by atoms with van der Waals surface area (Å²) in [5.41, 5.74) is 2.28. The highest BCUT2D eigenvalue weighted by molar-refractivity contribution is 6.31. The Kier molecular flexibility index (Phi) is 4.35. The first-order chi connectivity index (χ1) is 12.9. The molecule has 5 rings (SSSR count). The Morgan fingerprint density at radius 1 is 1.00 bits per heavy atom. The van der Waals surface area contributed by atoms with Gasteiger partial charge in [-0.1, -0.05) is 38.3 Å². The van der Waals surface area contributed by atoms with Crippen molar-refractivity contribution in [2.24, 2.45) is 34.5 Å². The van der Waals surface area contributed by atoms with Crippen molar-refractivity contribution >= 4 is 11.6 Å². The molecule has 0 saturated heterocycles. The average molecular weight is 387 g/mol. The number of phenols is 1. The predicted molar refractivity (Wildman–Crippen MR) is 112 cm³/mol. The van der Waals surface area contributed by atoms with Gasteiger partial charge in [0.05, 0.1) is 0 Å². The van der Waals surface area contributed by atoms with Crippen LogP contribution < -0.4 is 0 Å². The second-order valence-corrected chi connectivity index (χ2v) is 11.3. The highest BCUT2D eigenvalue weighted by Gasteiger charge is 2.58. The molecular weight excluding hydrogens is 352 g/mol. The molecule has 1 N–H and O–H groups in total. The van der Waals surface area contributed by atoms with Crippen LogP contribution in [0.15, 0.2) is 18.2 Å². The Labute approximate surface area is 169 Å². The van der Waals surface area contributed by atoms with Gasteiger partial charge < -0.3 is 5.11 Å². The minimum atomic E-state index is 0.363. The molecule has 1 aromatic carbocycles. The van der Waals surface area contributed by atoms with E-state index in [2.05, 4.69) is 13.8 Å². The van der Waals surface area contributed by atoms with Crippen LogP contribution in [0.1, 0.15) is 89.5 Å². The fourth-order valence-corrected chi connectivity index (χ4v) is 8.71. The number of hydrogen-bond donors (Lipinski definition) is 1. The Morgan fingerprint density at radius 3 is 2.70 bits per heavy atom. The lowest BCUT2D eigenvalue weighted by molar-refractivity contribution is -0.103. The molecule has 27 heavy (non-hydrogen) atoms. The van der Waals surface area contributed by atoms with Gasteiger partial charge in [-0.15, -0.1) is 0 Å². The van der Waals surface area contributed by atoms with Gasteiger partial charge in [0.25, 0.3) is 0 Å². The van der Waals surface area contributed by atoms with Gasteiger partial charge in [-0.2, -0.15) is 0 Å². The minimum Gasteiger partial charge on any atom is -0.508 e. The molecule has 0 radical (unpaired) electrons. The zero-order valence-electron chi connectivity index (χ0n) is 17.0. The summed E-state index contributed by atoms with van der Waals surface area (Å²) in [6, 6.07) is 5.54. The number of phenolic OH excluding ortho intramolecular Hbond substituents is 1. The summed E-state index contributed by atoms with van der Waals surface area (Å²) in [5, 5.41) is 10.9. The maximum absolute atomic E-state index is 10.0. The van der Waals surface area contributed by atoms with Gasteiger partial charge in [-0.25, -0.2) is 0 Å². The lowest BCUT2D eigenvalue weighted by Gasteiger charge is -2.60. The monoisotopic (exact) mass is 386 g/mol. The third kappa shape index (κ3) is 2.78. The first kappa shape index (κ1) is 18.3. The standard InChI is InChI=1S/C25H35ClO/c1-24-12-10-21-19(8-6-17-5-3-4-11-25(17,21)2)22(24)13-16(15-24)20-14-18(27)7-9-23(20)26/h7,9,14,16-17,19,21-22,27H,3-6,8,10-13,15H2,1-2H3/t16?,17?,19-,21-,22+,24-,25+/m1/s1. The molecule has 4 saturated carbocycles. The molecule has 0 spiro atoms. The molecule has 4 fully saturated rings. The van der Waals surface area contributed by atoms with E-state index in [4.69, 9.17) is 11.6 Å². The highest BCUT2D eigenvalue weighted by Crippen LogP contribution is 2.68. The van der Waals surface area contributed by atoms with Gasteiger partial charge in [-0.3, -0.25) is 0 Å². The summed E-state index contributed by atoms with van der Waals surface area (Å²) < 4.78 is 0. The molecule has 1 aromatic rings. The van der Waals surface area contributed by atoms with Crippen LogP contribution in [0.5, 0.6) is 5.75 Å². The van der Waals surface area contributed by atoms with Crippen LogP contribution in [-0.4, -0.2) is 5.11 Å². The van der Waals surface area contributed by atoms with Gasteiger partial charge in [0.1, 0.15) is 5.75 Å². The quantitative estimate of drug-likeness (QED) is 0.527. The third-order valence-electron chi connectivity index (χ3n) is 9.77. The van der Waals surface area contributed by atoms with Crippen molar-refractivity contribution in [2.45, 2.75) is 84.0 Å². The van der Waals surface area contributed by atoms with Crippen LogP contribution in [0.25, 0.3) is 0 Å². The van der Waals surface area contributed by atoms with E-state index < -0.39 is 0 Å². The summed E-state index contributed by atoms with van der Waals surface area (Å²) >= 11 is 6.56. The Morgan fingerprint density at radius 2 is 1.85 bits per heavy atom. The first-order valence-corrected chi connectivity index (χ1v) is 11.8. The highest BCUT2D eigenvalue weighted by atomic mass is 35.5. The van der Waals surface area contributed by atoms with E-state index >= 15 is 0 Å². The summed E-state index contributed by atoms with van der Waals surface area (Å²) in [6.45, 7) is 5.23. The van der Waals surface area contributed by atoms with Crippen molar-refractivity contribution in [3.63, 3.8) is 0 Å². The number of hydrogen-bond acceptors (Lipinski definition) is 1. The van der Waals surface area contributed by atoms with E-state index in [0.29, 0.717) is 22.5 Å². The third-order valence-corrected chi connectivity index (χ3v) is 10.1. The number of benzene rings is 1. The topological polar surface area (TPSA) is 20.2 Å². The molecule has 148 valence electrons. The summed E-state index contributed by atoms with van der Waals surface area (Å²) in [5.74, 6) is 4.60. The van der Waals surface area contributed by atoms with E-state index in [1.807, 2.05) is 12.1 Å². The van der Waals surface area contributed by atoms with Crippen LogP contribution >= 0.6 is 11.6 Å². The lowest BCUT2D eigenvalue weighted by Crippen LogP contribution is -2.51. The number of halogens is 1. The normalized spacial score (nSPS) is 46.4. The van der Waals surface area contributed by atoms with Crippen molar-refractivity contribution in [1.82, 2.24) is 0 Å². The second kappa shape index (κ2) is 6.41. The van der Waals surface area contributed by atoms with Crippen molar-refractivity contribution in [2.75, 3.05) is 0 Å². The fraction of sp³-hybridized carbons (Fsp3) is 0.760. The smallest absolute Gasteiger partial charge is 0.115 e. The zero-order valence-corrected chi connectivity index (χ0v) is 17.8. The molecule has 0 aliphatic heterocycles. The molecule has 2 heteroatoms. The van der Waals surface area contributed by atoms with Crippen LogP contribution in [0.3, 0.4) is 0 Å². The van der Waals surface area contributed by atoms with Crippen molar-refractivity contribution in [3.05, 3.63) is 28.8 Å². The zero-order chi connectivity index (χ0) is 18.8. The number of fused-ring (bicyclic) bond motifs is 5. The molecule has 7 atom stereocenters. The predicted octanol–water partition coefficient (Wildman–Crippen LogP) is 7.56. The van der Waals surface area contributed by atoms with E-state index in [-0.39, 0.29) is 0 Å². The van der Waals surface area contributed by atoms with Crippen molar-refractivity contribution < 1.29 is 5.11 Å². The minimum absolute atomic E-state index is 0.363. The lowest BCUT2D eigenvalue weighted by atomic mass is 9.45. The molecule has 0 aromatic heterocycles. The molecule has 4 aliphatic rings. The second-order valence-electron chi connectivity index (χ2n) is 10.9. The van der Waals surface area contributed by atoms with E-state index in [9.17, 15) is 5.11 Å². The fourth-order valence-electron chi connectivity index (χ4n) is 8.44. The summed E-state index contributed by atoms with van der Waals surface area (Å²) in [4.78, 5) is 0. The van der Waals surface area contributed by atoms with Gasteiger partial charge >= 0.3 is 0 Å². The SMILES string of the molecule is C[C@]12CC[C@@H]3[C@@H](CCC4CCCC[C@@]43C)[C@@H]1CC(c1cc(O)ccc1Cl)C2. The first-order valence-electron chi connectivity index (χ1n) is 11.4. The van der Waals surface area contributed by atoms with Crippen molar-refractivity contribution in [3.8, 4) is 5.75 Å². The largest absolute Gasteiger partial charge is 0.508 e. The van der Waals surface area contributed by atoms with Gasteiger partial charge in [-0.05, 0) is 116 Å². The molecule has 2 unspecified atom stereocenters. The van der Waals surface area contributed by atoms with Crippen molar-refractivity contribution in [1.29, 1.82) is 0 Å². The molecule has 0 heterocycles. The van der Waals surface area contributed by atoms with E-state index in [1.165, 1.54) is 69.8 Å². The summed E-state index contributed by atoms with van der Waals surface area (Å²) in [7, 11) is 0. The average Bonchev–Trinajstić information content (AvgIpc) is 3.00. The Bertz CT molecular complexity index is 729. The summed E-state index contributed by atoms with van der Waals surface area (Å²) in [6.07, 6.45) is 14.2. The Hall–Kier alpha value is -0.690. The number of rotatable bonds is 1. The molecule has 0 amide bonds. The number of aromatic hydroxyl groups is 1. The van der Waals surface area contributed by atoms with Gasteiger partial charge in [0, 0.05) is 5.02 Å². The van der Waals surface area contributed by atoms with Crippen LogP contribution in [0, 0.1) is 34.5 Å². The van der Waals surface area contributed by atoms with Crippen LogP contribution in [0.2, 0.25) is 5.02 Å². The van der Waals surface area contributed by atoms with E-state index in [1.54, 1.807) is 6.07 Å². The molecular formula is C25H35ClO. The van der Waals surface area contributed by atoms with Gasteiger partial charge in [0.15, 0.2) is 0 Å². The maximum Gasteiger partial charge on any atom is 0.115 e. The van der Waals surface area contributed by atoms with E-state index in [0.717, 1.165) is 28.7 Å². The Balaban J connectivity index is 1.44. The van der Waals surface area contributed by atoms with Gasteiger partial charge in [0.2, 0.25) is 0 Å². The molecule has 0 bridgehead atoms. The molecule has 4 aliphatic carbocycles. The van der Waals surface area contributed by atoms with Crippen LogP contribution in [0.4, 0.5) is 0 Å². The maximum atomic E-state index is 10.0. The molecule has 1 nitrogen and oxygen atoms in total. The van der Waals surface area contributed by atoms with Crippen LogP contribution in [-0.2, 0) is 0 Å².